The fourth-order valence-corrected chi connectivity index (χ4v) is 2.42. The number of hydrogen-bond acceptors (Lipinski definition) is 3. The molecule has 3 atom stereocenters. The molecule has 0 spiro atoms. The van der Waals surface area contributed by atoms with E-state index >= 15 is 0 Å². The minimum atomic E-state index is -0.542. The fraction of sp³-hybridized carbons (Fsp3) is 0.917. The van der Waals surface area contributed by atoms with Crippen LogP contribution in [0.4, 0.5) is 4.79 Å². The van der Waals surface area contributed by atoms with Crippen LogP contribution in [0.3, 0.4) is 0 Å². The quantitative estimate of drug-likeness (QED) is 0.662. The Hall–Kier alpha value is -0.730. The summed E-state index contributed by atoms with van der Waals surface area (Å²) in [7, 11) is 1.36. The van der Waals surface area contributed by atoms with E-state index < -0.39 is 6.16 Å². The molecule has 1 rings (SSSR count). The molecular formula is C12H22O3. The lowest BCUT2D eigenvalue weighted by atomic mass is 9.75. The summed E-state index contributed by atoms with van der Waals surface area (Å²) < 4.78 is 9.88. The Labute approximate surface area is 92.1 Å². The third-order valence-corrected chi connectivity index (χ3v) is 3.38. The number of rotatable bonds is 2. The van der Waals surface area contributed by atoms with E-state index in [-0.39, 0.29) is 6.10 Å². The first-order valence-corrected chi connectivity index (χ1v) is 5.79. The Morgan fingerprint density at radius 2 is 2.00 bits per heavy atom. The highest BCUT2D eigenvalue weighted by Crippen LogP contribution is 2.35. The van der Waals surface area contributed by atoms with Crippen LogP contribution in [0.1, 0.15) is 40.0 Å². The maximum Gasteiger partial charge on any atom is 0.508 e. The smallest absolute Gasteiger partial charge is 0.438 e. The maximum atomic E-state index is 11.1. The van der Waals surface area contributed by atoms with Crippen molar-refractivity contribution in [2.75, 3.05) is 7.11 Å². The minimum Gasteiger partial charge on any atom is -0.438 e. The van der Waals surface area contributed by atoms with Crippen LogP contribution in [-0.2, 0) is 9.47 Å². The number of methoxy groups -OCH3 is 1. The molecule has 1 unspecified atom stereocenters. The predicted octanol–water partition coefficient (Wildman–Crippen LogP) is 3.23. The van der Waals surface area contributed by atoms with Crippen LogP contribution in [0.5, 0.6) is 0 Å². The van der Waals surface area contributed by atoms with Crippen LogP contribution >= 0.6 is 0 Å². The van der Waals surface area contributed by atoms with Gasteiger partial charge in [0.1, 0.15) is 6.10 Å². The van der Waals surface area contributed by atoms with Crippen molar-refractivity contribution in [3.8, 4) is 0 Å². The molecule has 3 nitrogen and oxygen atoms in total. The molecule has 1 fully saturated rings. The summed E-state index contributed by atoms with van der Waals surface area (Å²) in [5.74, 6) is 1.70. The Morgan fingerprint density at radius 1 is 1.33 bits per heavy atom. The van der Waals surface area contributed by atoms with Gasteiger partial charge in [0.05, 0.1) is 7.11 Å². The van der Waals surface area contributed by atoms with Gasteiger partial charge in [-0.25, -0.2) is 4.79 Å². The minimum absolute atomic E-state index is 0.0428. The fourth-order valence-electron chi connectivity index (χ4n) is 2.42. The molecule has 0 radical (unpaired) electrons. The van der Waals surface area contributed by atoms with Crippen LogP contribution < -0.4 is 0 Å². The van der Waals surface area contributed by atoms with Gasteiger partial charge in [0, 0.05) is 0 Å². The van der Waals surface area contributed by atoms with Gasteiger partial charge in [-0.05, 0) is 30.6 Å². The average molecular weight is 214 g/mol. The monoisotopic (exact) mass is 214 g/mol. The van der Waals surface area contributed by atoms with Crippen LogP contribution in [-0.4, -0.2) is 19.4 Å². The summed E-state index contributed by atoms with van der Waals surface area (Å²) in [6.45, 7) is 6.59. The normalized spacial score (nSPS) is 31.4. The SMILES string of the molecule is COC(=O)OC1C[C@@H](C)CC[C@@H]1C(C)C. The van der Waals surface area contributed by atoms with Crippen LogP contribution in [0.15, 0.2) is 0 Å². The van der Waals surface area contributed by atoms with Gasteiger partial charge in [-0.1, -0.05) is 27.2 Å². The third-order valence-electron chi connectivity index (χ3n) is 3.38. The van der Waals surface area contributed by atoms with Crippen molar-refractivity contribution in [3.63, 3.8) is 0 Å². The zero-order chi connectivity index (χ0) is 11.4. The molecule has 0 heterocycles. The summed E-state index contributed by atoms with van der Waals surface area (Å²) in [6, 6.07) is 0. The lowest BCUT2D eigenvalue weighted by Gasteiger charge is -2.36. The molecule has 15 heavy (non-hydrogen) atoms. The van der Waals surface area contributed by atoms with Crippen molar-refractivity contribution in [1.29, 1.82) is 0 Å². The van der Waals surface area contributed by atoms with Gasteiger partial charge in [0.15, 0.2) is 0 Å². The van der Waals surface area contributed by atoms with Crippen LogP contribution in [0.2, 0.25) is 0 Å². The van der Waals surface area contributed by atoms with E-state index in [1.54, 1.807) is 0 Å². The third kappa shape index (κ3) is 3.40. The van der Waals surface area contributed by atoms with Gasteiger partial charge in [-0.3, -0.25) is 0 Å². The van der Waals surface area contributed by atoms with Gasteiger partial charge in [-0.2, -0.15) is 0 Å². The van der Waals surface area contributed by atoms with E-state index in [1.165, 1.54) is 13.5 Å². The first-order valence-electron chi connectivity index (χ1n) is 5.79. The average Bonchev–Trinajstić information content (AvgIpc) is 2.17. The highest BCUT2D eigenvalue weighted by atomic mass is 16.7. The van der Waals surface area contributed by atoms with Gasteiger partial charge in [0.2, 0.25) is 0 Å². The summed E-state index contributed by atoms with van der Waals surface area (Å²) in [5, 5.41) is 0. The molecule has 0 amide bonds. The highest BCUT2D eigenvalue weighted by molar-refractivity contribution is 5.59. The molecule has 0 aromatic rings. The lowest BCUT2D eigenvalue weighted by molar-refractivity contribution is -0.0248. The molecular weight excluding hydrogens is 192 g/mol. The molecule has 0 aromatic heterocycles. The van der Waals surface area contributed by atoms with E-state index in [9.17, 15) is 4.79 Å². The summed E-state index contributed by atoms with van der Waals surface area (Å²) in [6.07, 6.45) is 2.86. The Kier molecular flexibility index (Phi) is 4.43. The van der Waals surface area contributed by atoms with Gasteiger partial charge >= 0.3 is 6.16 Å². The zero-order valence-electron chi connectivity index (χ0n) is 10.2. The van der Waals surface area contributed by atoms with Crippen LogP contribution in [0.25, 0.3) is 0 Å². The molecule has 0 aromatic carbocycles. The Morgan fingerprint density at radius 3 is 2.53 bits per heavy atom. The summed E-state index contributed by atoms with van der Waals surface area (Å²) >= 11 is 0. The molecule has 1 aliphatic rings. The van der Waals surface area contributed by atoms with Crippen molar-refractivity contribution >= 4 is 6.16 Å². The molecule has 0 bridgehead atoms. The van der Waals surface area contributed by atoms with Crippen molar-refractivity contribution in [2.24, 2.45) is 17.8 Å². The number of carbonyl (C=O) groups excluding carboxylic acids is 1. The van der Waals surface area contributed by atoms with E-state index in [0.29, 0.717) is 17.8 Å². The van der Waals surface area contributed by atoms with Gasteiger partial charge in [0.25, 0.3) is 0 Å². The zero-order valence-corrected chi connectivity index (χ0v) is 10.2. The van der Waals surface area contributed by atoms with Crippen molar-refractivity contribution in [3.05, 3.63) is 0 Å². The molecule has 0 aliphatic heterocycles. The first-order chi connectivity index (χ1) is 7.04. The second-order valence-corrected chi connectivity index (χ2v) is 4.94. The predicted molar refractivity (Wildman–Crippen MR) is 58.6 cm³/mol. The molecule has 1 aliphatic carbocycles. The van der Waals surface area contributed by atoms with E-state index in [4.69, 9.17) is 4.74 Å². The topological polar surface area (TPSA) is 35.5 Å². The second kappa shape index (κ2) is 5.38. The standard InChI is InChI=1S/C12H22O3/c1-8(2)10-6-5-9(3)7-11(10)15-12(13)14-4/h8-11H,5-7H2,1-4H3/t9-,10+,11?/m0/s1. The Bertz CT molecular complexity index is 213. The van der Waals surface area contributed by atoms with Crippen LogP contribution in [0, 0.1) is 17.8 Å². The number of carbonyl (C=O) groups is 1. The van der Waals surface area contributed by atoms with Crippen molar-refractivity contribution < 1.29 is 14.3 Å². The van der Waals surface area contributed by atoms with Gasteiger partial charge < -0.3 is 9.47 Å². The largest absolute Gasteiger partial charge is 0.508 e. The molecule has 0 N–H and O–H groups in total. The van der Waals surface area contributed by atoms with Gasteiger partial charge in [-0.15, -0.1) is 0 Å². The Balaban J connectivity index is 2.57. The maximum absolute atomic E-state index is 11.1. The number of hydrogen-bond donors (Lipinski definition) is 0. The molecule has 88 valence electrons. The molecule has 1 saturated carbocycles. The molecule has 0 saturated heterocycles. The van der Waals surface area contributed by atoms with E-state index in [0.717, 1.165) is 12.8 Å². The lowest BCUT2D eigenvalue weighted by Crippen LogP contribution is -2.35. The van der Waals surface area contributed by atoms with Crippen molar-refractivity contribution in [1.82, 2.24) is 0 Å². The highest BCUT2D eigenvalue weighted by Gasteiger charge is 2.33. The summed E-state index contributed by atoms with van der Waals surface area (Å²) in [4.78, 5) is 11.1. The van der Waals surface area contributed by atoms with E-state index in [2.05, 4.69) is 25.5 Å². The second-order valence-electron chi connectivity index (χ2n) is 4.94. The first kappa shape index (κ1) is 12.3. The molecule has 3 heteroatoms. The van der Waals surface area contributed by atoms with E-state index in [1.807, 2.05) is 0 Å². The number of ether oxygens (including phenoxy) is 2. The summed E-state index contributed by atoms with van der Waals surface area (Å²) in [5.41, 5.74) is 0. The van der Waals surface area contributed by atoms with Crippen molar-refractivity contribution in [2.45, 2.75) is 46.1 Å².